The predicted molar refractivity (Wildman–Crippen MR) is 106 cm³/mol. The van der Waals surface area contributed by atoms with Crippen LogP contribution in [0.5, 0.6) is 17.2 Å². The zero-order valence-electron chi connectivity index (χ0n) is 16.8. The van der Waals surface area contributed by atoms with Gasteiger partial charge in [-0.1, -0.05) is 30.3 Å². The van der Waals surface area contributed by atoms with Gasteiger partial charge in [-0.25, -0.2) is 0 Å². The predicted octanol–water partition coefficient (Wildman–Crippen LogP) is 3.53. The molecule has 28 heavy (non-hydrogen) atoms. The molecule has 1 amide bonds. The highest BCUT2D eigenvalue weighted by Crippen LogP contribution is 2.39. The minimum absolute atomic E-state index is 0.0659. The lowest BCUT2D eigenvalue weighted by atomic mass is 10.1. The van der Waals surface area contributed by atoms with Crippen LogP contribution in [0.2, 0.25) is 0 Å². The van der Waals surface area contributed by atoms with E-state index in [2.05, 4.69) is 0 Å². The lowest BCUT2D eigenvalue weighted by Crippen LogP contribution is -2.34. The molecule has 6 heteroatoms. The van der Waals surface area contributed by atoms with Gasteiger partial charge in [-0.2, -0.15) is 0 Å². The van der Waals surface area contributed by atoms with Crippen molar-refractivity contribution in [1.29, 1.82) is 0 Å². The molecule has 1 fully saturated rings. The Balaban J connectivity index is 1.85. The smallest absolute Gasteiger partial charge is 0.254 e. The zero-order valence-corrected chi connectivity index (χ0v) is 16.8. The van der Waals surface area contributed by atoms with E-state index >= 15 is 0 Å². The SMILES string of the molecule is COc1cc(C(=O)N2C[C@H](OC)C[C@H]2C)cc(OC)c1OCc1ccccc1. The fourth-order valence-electron chi connectivity index (χ4n) is 3.48. The van der Waals surface area contributed by atoms with E-state index in [4.69, 9.17) is 18.9 Å². The number of nitrogens with zero attached hydrogens (tertiary/aromatic N) is 1. The quantitative estimate of drug-likeness (QED) is 0.730. The Bertz CT molecular complexity index is 783. The molecular formula is C22H27NO5. The fraction of sp³-hybridized carbons (Fsp3) is 0.409. The van der Waals surface area contributed by atoms with Crippen molar-refractivity contribution >= 4 is 5.91 Å². The number of ether oxygens (including phenoxy) is 4. The maximum absolute atomic E-state index is 13.1. The summed E-state index contributed by atoms with van der Waals surface area (Å²) in [6.07, 6.45) is 0.894. The topological polar surface area (TPSA) is 57.2 Å². The second kappa shape index (κ2) is 8.97. The lowest BCUT2D eigenvalue weighted by Gasteiger charge is -2.22. The van der Waals surface area contributed by atoms with E-state index in [1.165, 1.54) is 0 Å². The molecule has 1 aliphatic rings. The summed E-state index contributed by atoms with van der Waals surface area (Å²) in [5, 5.41) is 0. The van der Waals surface area contributed by atoms with E-state index in [0.29, 0.717) is 36.0 Å². The van der Waals surface area contributed by atoms with E-state index in [-0.39, 0.29) is 18.1 Å². The van der Waals surface area contributed by atoms with Crippen LogP contribution < -0.4 is 14.2 Å². The number of amides is 1. The second-order valence-corrected chi connectivity index (χ2v) is 6.88. The number of benzene rings is 2. The molecule has 0 unspecified atom stereocenters. The molecular weight excluding hydrogens is 358 g/mol. The molecule has 1 aliphatic heterocycles. The number of hydrogen-bond acceptors (Lipinski definition) is 5. The first-order valence-electron chi connectivity index (χ1n) is 9.33. The van der Waals surface area contributed by atoms with Gasteiger partial charge in [0.05, 0.1) is 20.3 Å². The van der Waals surface area contributed by atoms with Crippen LogP contribution in [0, 0.1) is 0 Å². The first-order valence-corrected chi connectivity index (χ1v) is 9.33. The summed E-state index contributed by atoms with van der Waals surface area (Å²) < 4.78 is 22.4. The molecule has 0 spiro atoms. The fourth-order valence-corrected chi connectivity index (χ4v) is 3.48. The number of carbonyl (C=O) groups excluding carboxylic acids is 1. The lowest BCUT2D eigenvalue weighted by molar-refractivity contribution is 0.0695. The highest BCUT2D eigenvalue weighted by Gasteiger charge is 2.33. The summed E-state index contributed by atoms with van der Waals surface area (Å²) in [5.74, 6) is 1.34. The molecule has 2 aromatic carbocycles. The molecule has 0 radical (unpaired) electrons. The molecule has 3 rings (SSSR count). The Hall–Kier alpha value is -2.73. The minimum Gasteiger partial charge on any atom is -0.493 e. The highest BCUT2D eigenvalue weighted by molar-refractivity contribution is 5.96. The van der Waals surface area contributed by atoms with Crippen LogP contribution in [0.1, 0.15) is 29.3 Å². The normalized spacial score (nSPS) is 18.8. The van der Waals surface area contributed by atoms with Gasteiger partial charge >= 0.3 is 0 Å². The van der Waals surface area contributed by atoms with Gasteiger partial charge in [0.2, 0.25) is 5.75 Å². The molecule has 0 saturated carbocycles. The van der Waals surface area contributed by atoms with Crippen molar-refractivity contribution in [3.05, 3.63) is 53.6 Å². The van der Waals surface area contributed by atoms with Crippen LogP contribution in [0.4, 0.5) is 0 Å². The molecule has 2 aromatic rings. The Morgan fingerprint density at radius 1 is 1.07 bits per heavy atom. The maximum Gasteiger partial charge on any atom is 0.254 e. The highest BCUT2D eigenvalue weighted by atomic mass is 16.5. The third-order valence-electron chi connectivity index (χ3n) is 5.06. The maximum atomic E-state index is 13.1. The molecule has 0 aliphatic carbocycles. The van der Waals surface area contributed by atoms with Gasteiger partial charge in [0.1, 0.15) is 6.61 Å². The monoisotopic (exact) mass is 385 g/mol. The van der Waals surface area contributed by atoms with Crippen LogP contribution in [0.3, 0.4) is 0 Å². The van der Waals surface area contributed by atoms with Crippen molar-refractivity contribution < 1.29 is 23.7 Å². The van der Waals surface area contributed by atoms with Crippen LogP contribution in [-0.2, 0) is 11.3 Å². The second-order valence-electron chi connectivity index (χ2n) is 6.88. The van der Waals surface area contributed by atoms with Crippen molar-refractivity contribution in [2.24, 2.45) is 0 Å². The Morgan fingerprint density at radius 3 is 2.25 bits per heavy atom. The summed E-state index contributed by atoms with van der Waals surface area (Å²) in [7, 11) is 4.78. The molecule has 1 saturated heterocycles. The Kier molecular flexibility index (Phi) is 6.41. The third-order valence-corrected chi connectivity index (χ3v) is 5.06. The molecule has 1 heterocycles. The summed E-state index contributed by atoms with van der Waals surface area (Å²) in [5.41, 5.74) is 1.53. The van der Waals surface area contributed by atoms with Gasteiger partial charge in [0.25, 0.3) is 5.91 Å². The van der Waals surface area contributed by atoms with E-state index in [9.17, 15) is 4.79 Å². The average Bonchev–Trinajstić information content (AvgIpc) is 3.12. The first kappa shape index (κ1) is 20.0. The van der Waals surface area contributed by atoms with Crippen LogP contribution in [-0.4, -0.2) is 50.8 Å². The van der Waals surface area contributed by atoms with E-state index in [1.54, 1.807) is 33.5 Å². The number of methoxy groups -OCH3 is 3. The van der Waals surface area contributed by atoms with Crippen LogP contribution in [0.25, 0.3) is 0 Å². The molecule has 0 aromatic heterocycles. The van der Waals surface area contributed by atoms with E-state index in [1.807, 2.05) is 42.2 Å². The van der Waals surface area contributed by atoms with Crippen molar-refractivity contribution in [2.45, 2.75) is 32.1 Å². The number of hydrogen-bond donors (Lipinski definition) is 0. The van der Waals surface area contributed by atoms with Gasteiger partial charge in [0, 0.05) is 25.3 Å². The summed E-state index contributed by atoms with van der Waals surface area (Å²) in [6, 6.07) is 13.4. The molecule has 0 bridgehead atoms. The average molecular weight is 385 g/mol. The van der Waals surface area contributed by atoms with E-state index < -0.39 is 0 Å². The molecule has 2 atom stereocenters. The van der Waals surface area contributed by atoms with Crippen molar-refractivity contribution in [2.75, 3.05) is 27.9 Å². The standard InChI is InChI=1S/C22H27NO5/c1-15-10-18(25-2)13-23(15)22(24)17-11-19(26-3)21(20(12-17)27-4)28-14-16-8-6-5-7-9-16/h5-9,11-12,15,18H,10,13-14H2,1-4H3/t15-,18-/m1/s1. The van der Waals surface area contributed by atoms with Gasteiger partial charge in [-0.3, -0.25) is 4.79 Å². The zero-order chi connectivity index (χ0) is 20.1. The van der Waals surface area contributed by atoms with Crippen LogP contribution in [0.15, 0.2) is 42.5 Å². The number of carbonyl (C=O) groups is 1. The van der Waals surface area contributed by atoms with Gasteiger partial charge in [-0.05, 0) is 31.0 Å². The minimum atomic E-state index is -0.0711. The molecule has 150 valence electrons. The first-order chi connectivity index (χ1) is 13.6. The summed E-state index contributed by atoms with van der Waals surface area (Å²) >= 11 is 0. The molecule has 6 nitrogen and oxygen atoms in total. The number of likely N-dealkylation sites (tertiary alicyclic amines) is 1. The largest absolute Gasteiger partial charge is 0.493 e. The Morgan fingerprint density at radius 2 is 1.71 bits per heavy atom. The third kappa shape index (κ3) is 4.22. The van der Waals surface area contributed by atoms with Crippen molar-refractivity contribution in [1.82, 2.24) is 4.90 Å². The van der Waals surface area contributed by atoms with Gasteiger partial charge in [-0.15, -0.1) is 0 Å². The molecule has 0 N–H and O–H groups in total. The summed E-state index contributed by atoms with van der Waals surface area (Å²) in [6.45, 7) is 2.98. The van der Waals surface area contributed by atoms with Crippen LogP contribution >= 0.6 is 0 Å². The van der Waals surface area contributed by atoms with Gasteiger partial charge in [0.15, 0.2) is 11.5 Å². The Labute approximate surface area is 166 Å². The van der Waals surface area contributed by atoms with E-state index in [0.717, 1.165) is 12.0 Å². The van der Waals surface area contributed by atoms with Crippen molar-refractivity contribution in [3.8, 4) is 17.2 Å². The summed E-state index contributed by atoms with van der Waals surface area (Å²) in [4.78, 5) is 14.9. The van der Waals surface area contributed by atoms with Gasteiger partial charge < -0.3 is 23.8 Å². The van der Waals surface area contributed by atoms with Crippen molar-refractivity contribution in [3.63, 3.8) is 0 Å². The number of rotatable bonds is 7.